The van der Waals surface area contributed by atoms with E-state index in [1.165, 1.54) is 12.1 Å². The number of halogens is 6. The Hall–Kier alpha value is -2.59. The van der Waals surface area contributed by atoms with Gasteiger partial charge in [-0.05, 0) is 18.6 Å². The maximum Gasteiger partial charge on any atom is 0.435 e. The molecule has 0 bridgehead atoms. The van der Waals surface area contributed by atoms with Crippen molar-refractivity contribution in [1.82, 2.24) is 14.8 Å². The first-order chi connectivity index (χ1) is 12.5. The molecule has 0 saturated carbocycles. The summed E-state index contributed by atoms with van der Waals surface area (Å²) in [6, 6.07) is 2.49. The number of nitrogens with one attached hydrogen (secondary N) is 1. The zero-order valence-corrected chi connectivity index (χ0v) is 14.2. The van der Waals surface area contributed by atoms with E-state index >= 15 is 0 Å². The third-order valence-corrected chi connectivity index (χ3v) is 3.56. The first kappa shape index (κ1) is 20.7. The molecule has 0 aliphatic carbocycles. The second-order valence-electron chi connectivity index (χ2n) is 5.70. The number of carbonyl (C=O) groups is 1. The molecular formula is C16H16F6N4O. The van der Waals surface area contributed by atoms with Crippen LogP contribution in [0.1, 0.15) is 44.0 Å². The molecule has 2 aromatic rings. The van der Waals surface area contributed by atoms with Gasteiger partial charge < -0.3 is 5.32 Å². The molecule has 0 aliphatic heterocycles. The average molecular weight is 394 g/mol. The van der Waals surface area contributed by atoms with Crippen molar-refractivity contribution in [2.75, 3.05) is 5.32 Å². The molecule has 0 aromatic carbocycles. The van der Waals surface area contributed by atoms with Gasteiger partial charge in [-0.15, -0.1) is 0 Å². The molecule has 0 spiro atoms. The summed E-state index contributed by atoms with van der Waals surface area (Å²) in [6.45, 7) is 1.94. The van der Waals surface area contributed by atoms with Gasteiger partial charge in [0, 0.05) is 18.7 Å². The minimum atomic E-state index is -5.10. The number of pyridine rings is 1. The van der Waals surface area contributed by atoms with Gasteiger partial charge in [0.05, 0.1) is 5.69 Å². The fourth-order valence-electron chi connectivity index (χ4n) is 2.29. The molecule has 2 aromatic heterocycles. The Morgan fingerprint density at radius 1 is 1.15 bits per heavy atom. The Balaban J connectivity index is 2.44. The third-order valence-electron chi connectivity index (χ3n) is 3.56. The number of rotatable bonds is 6. The van der Waals surface area contributed by atoms with Gasteiger partial charge in [-0.3, -0.25) is 4.79 Å². The topological polar surface area (TPSA) is 59.8 Å². The normalized spacial score (nSPS) is 12.3. The van der Waals surface area contributed by atoms with E-state index in [0.29, 0.717) is 6.42 Å². The van der Waals surface area contributed by atoms with Crippen LogP contribution in [0.4, 0.5) is 32.0 Å². The Bertz CT molecular complexity index is 797. The molecule has 1 amide bonds. The highest BCUT2D eigenvalue weighted by molar-refractivity contribution is 5.92. The Morgan fingerprint density at radius 2 is 1.85 bits per heavy atom. The molecule has 0 saturated heterocycles. The molecule has 1 N–H and O–H groups in total. The summed E-state index contributed by atoms with van der Waals surface area (Å²) in [5.41, 5.74) is -3.52. The number of unbranched alkanes of at least 4 members (excludes halogenated alkanes) is 2. The van der Waals surface area contributed by atoms with E-state index in [-0.39, 0.29) is 22.9 Å². The molecule has 27 heavy (non-hydrogen) atoms. The van der Waals surface area contributed by atoms with Crippen LogP contribution in [0.25, 0.3) is 5.82 Å². The molecule has 0 radical (unpaired) electrons. The highest BCUT2D eigenvalue weighted by Gasteiger charge is 2.42. The van der Waals surface area contributed by atoms with E-state index in [1.54, 1.807) is 0 Å². The van der Waals surface area contributed by atoms with Crippen LogP contribution in [-0.4, -0.2) is 20.7 Å². The number of amides is 1. The number of aromatic nitrogens is 3. The number of anilines is 1. The fraction of sp³-hybridized carbons (Fsp3) is 0.438. The maximum atomic E-state index is 13.2. The van der Waals surface area contributed by atoms with Crippen molar-refractivity contribution in [3.63, 3.8) is 0 Å². The van der Waals surface area contributed by atoms with Crippen LogP contribution in [-0.2, 0) is 17.1 Å². The molecule has 148 valence electrons. The van der Waals surface area contributed by atoms with Crippen molar-refractivity contribution >= 4 is 11.6 Å². The van der Waals surface area contributed by atoms with Gasteiger partial charge in [0.1, 0.15) is 0 Å². The van der Waals surface area contributed by atoms with Crippen LogP contribution in [0, 0.1) is 0 Å². The lowest BCUT2D eigenvalue weighted by atomic mass is 10.2. The van der Waals surface area contributed by atoms with Crippen LogP contribution in [0.2, 0.25) is 0 Å². The molecule has 0 aliphatic rings. The Labute approximate surface area is 150 Å². The fourth-order valence-corrected chi connectivity index (χ4v) is 2.29. The van der Waals surface area contributed by atoms with E-state index in [1.807, 2.05) is 6.92 Å². The van der Waals surface area contributed by atoms with Crippen LogP contribution >= 0.6 is 0 Å². The van der Waals surface area contributed by atoms with E-state index in [4.69, 9.17) is 0 Å². The quantitative estimate of drug-likeness (QED) is 0.564. The molecule has 11 heteroatoms. The molecule has 2 heterocycles. The van der Waals surface area contributed by atoms with Gasteiger partial charge in [0.2, 0.25) is 5.91 Å². The third kappa shape index (κ3) is 5.20. The number of hydrogen-bond donors (Lipinski definition) is 1. The summed E-state index contributed by atoms with van der Waals surface area (Å²) in [6.07, 6.45) is -6.71. The lowest BCUT2D eigenvalue weighted by Crippen LogP contribution is -2.18. The van der Waals surface area contributed by atoms with E-state index in [9.17, 15) is 31.1 Å². The largest absolute Gasteiger partial charge is 0.435 e. The molecule has 0 atom stereocenters. The minimum absolute atomic E-state index is 0.0461. The summed E-state index contributed by atoms with van der Waals surface area (Å²) in [7, 11) is 0. The van der Waals surface area contributed by atoms with Crippen LogP contribution in [0.5, 0.6) is 0 Å². The molecule has 0 unspecified atom stereocenters. The van der Waals surface area contributed by atoms with Gasteiger partial charge in [0.25, 0.3) is 0 Å². The smallest absolute Gasteiger partial charge is 0.323 e. The number of nitrogens with zero attached hydrogens (tertiary/aromatic N) is 3. The van der Waals surface area contributed by atoms with Gasteiger partial charge in [-0.25, -0.2) is 9.67 Å². The number of hydrogen-bond acceptors (Lipinski definition) is 3. The first-order valence-corrected chi connectivity index (χ1v) is 8.03. The number of alkyl halides is 6. The summed E-state index contributed by atoms with van der Waals surface area (Å²) in [5.74, 6) is -1.03. The summed E-state index contributed by atoms with van der Waals surface area (Å²) < 4.78 is 78.1. The highest BCUT2D eigenvalue weighted by Crippen LogP contribution is 2.37. The van der Waals surface area contributed by atoms with Gasteiger partial charge in [0.15, 0.2) is 17.2 Å². The van der Waals surface area contributed by atoms with E-state index < -0.39 is 35.5 Å². The van der Waals surface area contributed by atoms with Gasteiger partial charge in [-0.1, -0.05) is 19.8 Å². The summed E-state index contributed by atoms with van der Waals surface area (Å²) in [5, 5.41) is 5.40. The SMILES string of the molecule is CCCCCC(=O)Nc1cccnc1-n1nc(C(F)(F)F)cc1C(F)(F)F. The standard InChI is InChI=1S/C16H16F6N4O/c1-2-3-4-7-13(27)24-10-6-5-8-23-14(10)26-12(16(20,21)22)9-11(25-26)15(17,18)19/h5-6,8-9H,2-4,7H2,1H3,(H,24,27). The van der Waals surface area contributed by atoms with Crippen LogP contribution < -0.4 is 5.32 Å². The van der Waals surface area contributed by atoms with Gasteiger partial charge in [-0.2, -0.15) is 31.4 Å². The second-order valence-corrected chi connectivity index (χ2v) is 5.70. The van der Waals surface area contributed by atoms with Gasteiger partial charge >= 0.3 is 12.4 Å². The maximum absolute atomic E-state index is 13.2. The van der Waals surface area contributed by atoms with Crippen LogP contribution in [0.3, 0.4) is 0 Å². The molecule has 0 fully saturated rings. The summed E-state index contributed by atoms with van der Waals surface area (Å²) in [4.78, 5) is 15.6. The summed E-state index contributed by atoms with van der Waals surface area (Å²) >= 11 is 0. The van der Waals surface area contributed by atoms with Crippen molar-refractivity contribution in [1.29, 1.82) is 0 Å². The second kappa shape index (κ2) is 7.97. The van der Waals surface area contributed by atoms with Crippen molar-refractivity contribution in [2.45, 2.75) is 45.0 Å². The monoisotopic (exact) mass is 394 g/mol. The van der Waals surface area contributed by atoms with Crippen molar-refractivity contribution < 1.29 is 31.1 Å². The molecule has 2 rings (SSSR count). The molecule has 5 nitrogen and oxygen atoms in total. The zero-order chi connectivity index (χ0) is 20.2. The predicted molar refractivity (Wildman–Crippen MR) is 84.1 cm³/mol. The Kier molecular flexibility index (Phi) is 6.11. The lowest BCUT2D eigenvalue weighted by molar-refractivity contribution is -0.143. The lowest BCUT2D eigenvalue weighted by Gasteiger charge is -2.13. The zero-order valence-electron chi connectivity index (χ0n) is 14.2. The van der Waals surface area contributed by atoms with E-state index in [0.717, 1.165) is 19.0 Å². The molecular weight excluding hydrogens is 378 g/mol. The highest BCUT2D eigenvalue weighted by atomic mass is 19.4. The average Bonchev–Trinajstić information content (AvgIpc) is 3.01. The van der Waals surface area contributed by atoms with Crippen molar-refractivity contribution in [3.8, 4) is 5.82 Å². The van der Waals surface area contributed by atoms with Crippen molar-refractivity contribution in [2.24, 2.45) is 0 Å². The first-order valence-electron chi connectivity index (χ1n) is 8.03. The van der Waals surface area contributed by atoms with Crippen molar-refractivity contribution in [3.05, 3.63) is 35.8 Å². The Morgan fingerprint density at radius 3 is 2.44 bits per heavy atom. The van der Waals surface area contributed by atoms with E-state index in [2.05, 4.69) is 15.4 Å². The number of carbonyl (C=O) groups excluding carboxylic acids is 1. The minimum Gasteiger partial charge on any atom is -0.323 e. The predicted octanol–water partition coefficient (Wildman–Crippen LogP) is 4.82. The van der Waals surface area contributed by atoms with Crippen LogP contribution in [0.15, 0.2) is 24.4 Å².